The van der Waals surface area contributed by atoms with Crippen LogP contribution in [0.1, 0.15) is 6.42 Å². The van der Waals surface area contributed by atoms with Gasteiger partial charge in [0.05, 0.1) is 0 Å². The first-order chi connectivity index (χ1) is 8.20. The van der Waals surface area contributed by atoms with Gasteiger partial charge in [-0.25, -0.2) is 19.6 Å². The molecule has 4 nitrogen and oxygen atoms in total. The van der Waals surface area contributed by atoms with Gasteiger partial charge in [-0.15, -0.1) is 0 Å². The maximum absolute atomic E-state index is 13.4. The maximum Gasteiger partial charge on any atom is 0.178 e. The van der Waals surface area contributed by atoms with Crippen molar-refractivity contribution in [3.63, 3.8) is 0 Å². The summed E-state index contributed by atoms with van der Waals surface area (Å²) in [5.74, 6) is 6.18. The number of hydrogen-bond donors (Lipinski definition) is 3. The summed E-state index contributed by atoms with van der Waals surface area (Å²) >= 11 is 1.89. The molecule has 1 unspecified atom stereocenters. The summed E-state index contributed by atoms with van der Waals surface area (Å²) in [6.45, 7) is 0.645. The largest absolute Gasteiger partial charge is 0.367 e. The van der Waals surface area contributed by atoms with Crippen LogP contribution in [0.4, 0.5) is 20.4 Å². The summed E-state index contributed by atoms with van der Waals surface area (Å²) in [6.07, 6.45) is 1.11. The SMILES string of the molecule is NNc1nc(NCC2CCSC2)c(F)cc1F. The Kier molecular flexibility index (Phi) is 4.01. The fourth-order valence-electron chi connectivity index (χ4n) is 1.68. The molecule has 0 aromatic carbocycles. The molecule has 7 heteroatoms. The number of thioether (sulfide) groups is 1. The smallest absolute Gasteiger partial charge is 0.178 e. The highest BCUT2D eigenvalue weighted by Crippen LogP contribution is 2.24. The fourth-order valence-corrected chi connectivity index (χ4v) is 2.96. The number of nitrogen functional groups attached to an aromatic ring is 1. The molecule has 0 bridgehead atoms. The summed E-state index contributed by atoms with van der Waals surface area (Å²) in [6, 6.07) is 0.772. The number of nitrogens with zero attached hydrogens (tertiary/aromatic N) is 1. The van der Waals surface area contributed by atoms with E-state index in [4.69, 9.17) is 5.84 Å². The van der Waals surface area contributed by atoms with Crippen LogP contribution in [0.15, 0.2) is 6.07 Å². The lowest BCUT2D eigenvalue weighted by Gasteiger charge is -2.12. The minimum atomic E-state index is -0.799. The van der Waals surface area contributed by atoms with Crippen LogP contribution in [-0.4, -0.2) is 23.0 Å². The van der Waals surface area contributed by atoms with E-state index in [1.165, 1.54) is 0 Å². The van der Waals surface area contributed by atoms with Gasteiger partial charge in [-0.3, -0.25) is 0 Å². The van der Waals surface area contributed by atoms with E-state index in [-0.39, 0.29) is 11.6 Å². The van der Waals surface area contributed by atoms with Crippen molar-refractivity contribution in [2.75, 3.05) is 28.8 Å². The van der Waals surface area contributed by atoms with Gasteiger partial charge in [0.15, 0.2) is 23.3 Å². The molecule has 0 aliphatic carbocycles. The van der Waals surface area contributed by atoms with Gasteiger partial charge in [-0.05, 0) is 23.8 Å². The van der Waals surface area contributed by atoms with Crippen molar-refractivity contribution in [2.45, 2.75) is 6.42 Å². The number of nitrogens with one attached hydrogen (secondary N) is 2. The molecule has 1 saturated heterocycles. The standard InChI is InChI=1S/C10H14F2N4S/c11-7-3-8(12)10(16-13)15-9(7)14-4-6-1-2-17-5-6/h3,6H,1-2,4-5,13H2,(H2,14,15,16). The predicted molar refractivity (Wildman–Crippen MR) is 65.9 cm³/mol. The first kappa shape index (κ1) is 12.4. The van der Waals surface area contributed by atoms with Crippen LogP contribution in [0.3, 0.4) is 0 Å². The van der Waals surface area contributed by atoms with Crippen molar-refractivity contribution in [1.82, 2.24) is 4.98 Å². The van der Waals surface area contributed by atoms with E-state index in [0.717, 1.165) is 24.0 Å². The molecule has 17 heavy (non-hydrogen) atoms. The summed E-state index contributed by atoms with van der Waals surface area (Å²) in [5.41, 5.74) is 2.09. The van der Waals surface area contributed by atoms with E-state index >= 15 is 0 Å². The molecule has 0 amide bonds. The molecule has 1 atom stereocenters. The van der Waals surface area contributed by atoms with Crippen LogP contribution in [0.25, 0.3) is 0 Å². The quantitative estimate of drug-likeness (QED) is 0.569. The summed E-state index contributed by atoms with van der Waals surface area (Å²) in [5, 5.41) is 2.90. The van der Waals surface area contributed by atoms with Crippen molar-refractivity contribution < 1.29 is 8.78 Å². The number of anilines is 2. The molecule has 1 aromatic heterocycles. The third kappa shape index (κ3) is 2.98. The van der Waals surface area contributed by atoms with E-state index in [9.17, 15) is 8.78 Å². The Balaban J connectivity index is 2.03. The van der Waals surface area contributed by atoms with E-state index in [2.05, 4.69) is 15.7 Å². The molecule has 1 aliphatic heterocycles. The van der Waals surface area contributed by atoms with Crippen molar-refractivity contribution >= 4 is 23.4 Å². The average Bonchev–Trinajstić information content (AvgIpc) is 2.81. The fraction of sp³-hybridized carbons (Fsp3) is 0.500. The Bertz CT molecular complexity index is 396. The van der Waals surface area contributed by atoms with Gasteiger partial charge >= 0.3 is 0 Å². The lowest BCUT2D eigenvalue weighted by Crippen LogP contribution is -2.17. The van der Waals surface area contributed by atoms with Gasteiger partial charge in [-0.1, -0.05) is 0 Å². The molecule has 0 saturated carbocycles. The van der Waals surface area contributed by atoms with Gasteiger partial charge in [0.1, 0.15) is 0 Å². The first-order valence-corrected chi connectivity index (χ1v) is 6.50. The first-order valence-electron chi connectivity index (χ1n) is 5.35. The minimum Gasteiger partial charge on any atom is -0.367 e. The highest BCUT2D eigenvalue weighted by molar-refractivity contribution is 7.99. The van der Waals surface area contributed by atoms with Gasteiger partial charge in [0, 0.05) is 12.6 Å². The number of rotatable bonds is 4. The van der Waals surface area contributed by atoms with Gasteiger partial charge < -0.3 is 10.7 Å². The Labute approximate surface area is 102 Å². The molecule has 4 N–H and O–H groups in total. The topological polar surface area (TPSA) is 63.0 Å². The zero-order chi connectivity index (χ0) is 12.3. The Morgan fingerprint density at radius 1 is 1.41 bits per heavy atom. The van der Waals surface area contributed by atoms with E-state index in [1.54, 1.807) is 0 Å². The zero-order valence-electron chi connectivity index (χ0n) is 9.17. The van der Waals surface area contributed by atoms with Crippen LogP contribution in [0.2, 0.25) is 0 Å². The monoisotopic (exact) mass is 260 g/mol. The molecule has 94 valence electrons. The highest BCUT2D eigenvalue weighted by Gasteiger charge is 2.17. The molecule has 0 spiro atoms. The van der Waals surface area contributed by atoms with Gasteiger partial charge in [0.2, 0.25) is 0 Å². The number of hydrogen-bond acceptors (Lipinski definition) is 5. The van der Waals surface area contributed by atoms with Crippen LogP contribution < -0.4 is 16.6 Å². The third-order valence-corrected chi connectivity index (χ3v) is 3.88. The highest BCUT2D eigenvalue weighted by atomic mass is 32.2. The molecule has 1 fully saturated rings. The number of hydrazine groups is 1. The molecule has 2 rings (SSSR count). The van der Waals surface area contributed by atoms with Crippen LogP contribution in [0, 0.1) is 17.6 Å². The average molecular weight is 260 g/mol. The molecule has 0 radical (unpaired) electrons. The number of aromatic nitrogens is 1. The maximum atomic E-state index is 13.4. The van der Waals surface area contributed by atoms with E-state index < -0.39 is 11.6 Å². The molecule has 2 heterocycles. The Morgan fingerprint density at radius 3 is 2.82 bits per heavy atom. The lowest BCUT2D eigenvalue weighted by molar-refractivity contribution is 0.573. The predicted octanol–water partition coefficient (Wildman–Crippen LogP) is 1.81. The van der Waals surface area contributed by atoms with Crippen molar-refractivity contribution in [3.05, 3.63) is 17.7 Å². The number of pyridine rings is 1. The van der Waals surface area contributed by atoms with Crippen LogP contribution in [-0.2, 0) is 0 Å². The second-order valence-electron chi connectivity index (χ2n) is 3.90. The van der Waals surface area contributed by atoms with Gasteiger partial charge in [0.25, 0.3) is 0 Å². The van der Waals surface area contributed by atoms with Crippen LogP contribution >= 0.6 is 11.8 Å². The molecule has 1 aromatic rings. The van der Waals surface area contributed by atoms with Crippen molar-refractivity contribution in [3.8, 4) is 0 Å². The third-order valence-electron chi connectivity index (χ3n) is 2.65. The van der Waals surface area contributed by atoms with E-state index in [1.807, 2.05) is 11.8 Å². The van der Waals surface area contributed by atoms with Crippen molar-refractivity contribution in [2.24, 2.45) is 11.8 Å². The summed E-state index contributed by atoms with van der Waals surface area (Å²) in [4.78, 5) is 3.75. The Morgan fingerprint density at radius 2 is 2.18 bits per heavy atom. The second-order valence-corrected chi connectivity index (χ2v) is 5.05. The summed E-state index contributed by atoms with van der Waals surface area (Å²) < 4.78 is 26.5. The minimum absolute atomic E-state index is 0.0382. The van der Waals surface area contributed by atoms with Crippen molar-refractivity contribution in [1.29, 1.82) is 0 Å². The van der Waals surface area contributed by atoms with Gasteiger partial charge in [-0.2, -0.15) is 11.8 Å². The zero-order valence-corrected chi connectivity index (χ0v) is 9.99. The second kappa shape index (κ2) is 5.50. The number of halogens is 2. The molecular formula is C10H14F2N4S. The van der Waals surface area contributed by atoms with Crippen LogP contribution in [0.5, 0.6) is 0 Å². The normalized spacial score (nSPS) is 19.4. The summed E-state index contributed by atoms with van der Waals surface area (Å²) in [7, 11) is 0. The van der Waals surface area contributed by atoms with E-state index in [0.29, 0.717) is 12.5 Å². The Hall–Kier alpha value is -1.08. The molecular weight excluding hydrogens is 246 g/mol. The lowest BCUT2D eigenvalue weighted by atomic mass is 10.1. The molecule has 1 aliphatic rings. The number of nitrogens with two attached hydrogens (primary N) is 1.